The van der Waals surface area contributed by atoms with Gasteiger partial charge >= 0.3 is 0 Å². The van der Waals surface area contributed by atoms with Crippen LogP contribution in [0.15, 0.2) is 0 Å². The van der Waals surface area contributed by atoms with E-state index < -0.39 is 10.2 Å². The van der Waals surface area contributed by atoms with Crippen molar-refractivity contribution in [3.8, 4) is 0 Å². The highest BCUT2D eigenvalue weighted by atomic mass is 32.2. The van der Waals surface area contributed by atoms with Crippen LogP contribution in [-0.2, 0) is 10.2 Å². The second-order valence-electron chi connectivity index (χ2n) is 5.29. The fourth-order valence-corrected chi connectivity index (χ4v) is 3.38. The number of nitrogens with zero attached hydrogens (tertiary/aromatic N) is 2. The van der Waals surface area contributed by atoms with Crippen LogP contribution in [0.25, 0.3) is 0 Å². The Morgan fingerprint density at radius 3 is 2.41 bits per heavy atom. The fraction of sp³-hybridized carbons (Fsp3) is 1.00. The average molecular weight is 263 g/mol. The Morgan fingerprint density at radius 2 is 2.00 bits per heavy atom. The minimum Gasteiger partial charge on any atom is -0.313 e. The fourth-order valence-electron chi connectivity index (χ4n) is 2.06. The van der Waals surface area contributed by atoms with Crippen molar-refractivity contribution in [2.24, 2.45) is 5.92 Å². The predicted octanol–water partition coefficient (Wildman–Crippen LogP) is 0.503. The van der Waals surface area contributed by atoms with Gasteiger partial charge in [-0.3, -0.25) is 0 Å². The molecule has 0 aromatic heterocycles. The van der Waals surface area contributed by atoms with Gasteiger partial charge in [-0.1, -0.05) is 13.8 Å². The maximum absolute atomic E-state index is 12.2. The van der Waals surface area contributed by atoms with Crippen molar-refractivity contribution in [3.05, 3.63) is 0 Å². The van der Waals surface area contributed by atoms with E-state index in [0.29, 0.717) is 25.0 Å². The molecule has 0 bridgehead atoms. The van der Waals surface area contributed by atoms with E-state index in [0.717, 1.165) is 19.4 Å². The summed E-state index contributed by atoms with van der Waals surface area (Å²) in [5, 5.41) is 3.35. The molecule has 6 heteroatoms. The first-order valence-electron chi connectivity index (χ1n) is 6.25. The Morgan fingerprint density at radius 1 is 1.35 bits per heavy atom. The second kappa shape index (κ2) is 6.13. The normalized spacial score (nSPS) is 21.9. The molecule has 1 fully saturated rings. The Labute approximate surface area is 105 Å². The Balaban J connectivity index is 2.72. The van der Waals surface area contributed by atoms with Crippen LogP contribution >= 0.6 is 0 Å². The number of rotatable bonds is 6. The van der Waals surface area contributed by atoms with Gasteiger partial charge in [-0.25, -0.2) is 0 Å². The van der Waals surface area contributed by atoms with Crippen molar-refractivity contribution < 1.29 is 8.42 Å². The molecule has 1 rings (SSSR count). The largest absolute Gasteiger partial charge is 0.313 e. The summed E-state index contributed by atoms with van der Waals surface area (Å²) in [6.07, 6.45) is 2.21. The topological polar surface area (TPSA) is 52.7 Å². The minimum atomic E-state index is -3.29. The van der Waals surface area contributed by atoms with Crippen LogP contribution in [0.3, 0.4) is 0 Å². The van der Waals surface area contributed by atoms with Crippen LogP contribution in [0.4, 0.5) is 0 Å². The van der Waals surface area contributed by atoms with Crippen LogP contribution in [-0.4, -0.2) is 56.8 Å². The molecule has 1 N–H and O–H groups in total. The van der Waals surface area contributed by atoms with E-state index in [1.54, 1.807) is 18.4 Å². The third-order valence-corrected chi connectivity index (χ3v) is 4.82. The third kappa shape index (κ3) is 4.21. The summed E-state index contributed by atoms with van der Waals surface area (Å²) >= 11 is 0. The van der Waals surface area contributed by atoms with Crippen LogP contribution in [0, 0.1) is 5.92 Å². The van der Waals surface area contributed by atoms with Crippen LogP contribution < -0.4 is 5.32 Å². The summed E-state index contributed by atoms with van der Waals surface area (Å²) in [5.74, 6) is 0.339. The van der Waals surface area contributed by atoms with Crippen LogP contribution in [0.5, 0.6) is 0 Å². The van der Waals surface area contributed by atoms with E-state index in [4.69, 9.17) is 0 Å². The van der Waals surface area contributed by atoms with Crippen molar-refractivity contribution in [2.45, 2.75) is 32.7 Å². The zero-order chi connectivity index (χ0) is 13.1. The lowest BCUT2D eigenvalue weighted by Crippen LogP contribution is -2.47. The Bertz CT molecular complexity index is 322. The molecule has 0 saturated carbocycles. The Kier molecular flexibility index (Phi) is 5.37. The number of nitrogens with one attached hydrogen (secondary N) is 1. The van der Waals surface area contributed by atoms with Crippen molar-refractivity contribution in [1.29, 1.82) is 0 Å². The van der Waals surface area contributed by atoms with Gasteiger partial charge in [0.2, 0.25) is 0 Å². The molecule has 1 saturated heterocycles. The Hall–Kier alpha value is -0.170. The van der Waals surface area contributed by atoms with Gasteiger partial charge in [0.1, 0.15) is 0 Å². The maximum Gasteiger partial charge on any atom is 0.281 e. The molecule has 1 heterocycles. The average Bonchev–Trinajstić information content (AvgIpc) is 2.68. The summed E-state index contributed by atoms with van der Waals surface area (Å²) in [6.45, 7) is 6.25. The van der Waals surface area contributed by atoms with Gasteiger partial charge in [-0.05, 0) is 25.3 Å². The molecule has 0 aliphatic carbocycles. The molecular weight excluding hydrogens is 238 g/mol. The summed E-state index contributed by atoms with van der Waals surface area (Å²) < 4.78 is 27.2. The molecule has 0 radical (unpaired) electrons. The lowest BCUT2D eigenvalue weighted by molar-refractivity contribution is 0.316. The first kappa shape index (κ1) is 14.9. The van der Waals surface area contributed by atoms with Crippen molar-refractivity contribution in [1.82, 2.24) is 13.9 Å². The highest BCUT2D eigenvalue weighted by Gasteiger charge is 2.28. The number of hydrogen-bond donors (Lipinski definition) is 1. The highest BCUT2D eigenvalue weighted by molar-refractivity contribution is 7.86. The molecule has 1 aliphatic heterocycles. The van der Waals surface area contributed by atoms with E-state index in [1.165, 1.54) is 4.31 Å². The molecule has 0 spiro atoms. The van der Waals surface area contributed by atoms with Gasteiger partial charge < -0.3 is 5.32 Å². The van der Waals surface area contributed by atoms with E-state index >= 15 is 0 Å². The van der Waals surface area contributed by atoms with Gasteiger partial charge in [-0.2, -0.15) is 17.0 Å². The van der Waals surface area contributed by atoms with Crippen molar-refractivity contribution in [2.75, 3.05) is 33.7 Å². The van der Waals surface area contributed by atoms with Gasteiger partial charge in [0.05, 0.1) is 0 Å². The lowest BCUT2D eigenvalue weighted by Gasteiger charge is -2.29. The minimum absolute atomic E-state index is 0.309. The maximum atomic E-state index is 12.2. The van der Waals surface area contributed by atoms with Gasteiger partial charge in [0.15, 0.2) is 0 Å². The second-order valence-corrected chi connectivity index (χ2v) is 7.44. The molecule has 0 aromatic carbocycles. The molecule has 1 unspecified atom stereocenters. The summed E-state index contributed by atoms with van der Waals surface area (Å²) in [4.78, 5) is 0. The molecule has 0 amide bonds. The summed E-state index contributed by atoms with van der Waals surface area (Å²) in [5.41, 5.74) is 0. The van der Waals surface area contributed by atoms with E-state index in [9.17, 15) is 8.42 Å². The lowest BCUT2D eigenvalue weighted by atomic mass is 10.2. The molecule has 1 aliphatic rings. The zero-order valence-electron chi connectivity index (χ0n) is 11.3. The highest BCUT2D eigenvalue weighted by Crippen LogP contribution is 2.13. The van der Waals surface area contributed by atoms with E-state index in [-0.39, 0.29) is 0 Å². The van der Waals surface area contributed by atoms with Crippen molar-refractivity contribution in [3.63, 3.8) is 0 Å². The van der Waals surface area contributed by atoms with Gasteiger partial charge in [0.25, 0.3) is 10.2 Å². The number of hydrogen-bond acceptors (Lipinski definition) is 3. The van der Waals surface area contributed by atoms with Crippen molar-refractivity contribution >= 4 is 10.2 Å². The molecule has 0 aromatic rings. The van der Waals surface area contributed by atoms with E-state index in [2.05, 4.69) is 5.32 Å². The van der Waals surface area contributed by atoms with Crippen LogP contribution in [0.1, 0.15) is 26.7 Å². The van der Waals surface area contributed by atoms with Crippen LogP contribution in [0.2, 0.25) is 0 Å². The predicted molar refractivity (Wildman–Crippen MR) is 70.0 cm³/mol. The summed E-state index contributed by atoms with van der Waals surface area (Å²) in [7, 11) is -0.119. The third-order valence-electron chi connectivity index (χ3n) is 2.94. The molecule has 102 valence electrons. The SMILES string of the molecule is CC(C)CN(CC1CCCN1)S(=O)(=O)N(C)C. The molecule has 1 atom stereocenters. The monoisotopic (exact) mass is 263 g/mol. The molecule has 5 nitrogen and oxygen atoms in total. The smallest absolute Gasteiger partial charge is 0.281 e. The molecular formula is C11H25N3O2S. The first-order valence-corrected chi connectivity index (χ1v) is 7.64. The van der Waals surface area contributed by atoms with Gasteiger partial charge in [0, 0.05) is 33.2 Å². The zero-order valence-corrected chi connectivity index (χ0v) is 12.1. The summed E-state index contributed by atoms with van der Waals surface area (Å²) in [6, 6.07) is 0.309. The molecule has 17 heavy (non-hydrogen) atoms. The van der Waals surface area contributed by atoms with E-state index in [1.807, 2.05) is 13.8 Å². The first-order chi connectivity index (χ1) is 7.84. The quantitative estimate of drug-likeness (QED) is 0.759. The standard InChI is InChI=1S/C11H25N3O2S/c1-10(2)8-14(17(15,16)13(3)4)9-11-6-5-7-12-11/h10-12H,5-9H2,1-4H3. The van der Waals surface area contributed by atoms with Gasteiger partial charge in [-0.15, -0.1) is 0 Å².